The highest BCUT2D eigenvalue weighted by atomic mass is 19.1. The van der Waals surface area contributed by atoms with E-state index in [0.717, 1.165) is 23.5 Å². The van der Waals surface area contributed by atoms with Crippen molar-refractivity contribution in [1.82, 2.24) is 14.7 Å². The van der Waals surface area contributed by atoms with Crippen LogP contribution in [0, 0.1) is 19.7 Å². The first-order valence-corrected chi connectivity index (χ1v) is 9.14. The number of furan rings is 1. The Balaban J connectivity index is 1.63. The maximum Gasteiger partial charge on any atom is 0.289 e. The highest BCUT2D eigenvalue weighted by molar-refractivity contribution is 5.91. The van der Waals surface area contributed by atoms with Crippen molar-refractivity contribution in [3.05, 3.63) is 70.7 Å². The summed E-state index contributed by atoms with van der Waals surface area (Å²) in [7, 11) is 1.74. The molecule has 28 heavy (non-hydrogen) atoms. The van der Waals surface area contributed by atoms with E-state index in [1.54, 1.807) is 36.2 Å². The summed E-state index contributed by atoms with van der Waals surface area (Å²) >= 11 is 0. The van der Waals surface area contributed by atoms with Gasteiger partial charge in [-0.15, -0.1) is 0 Å². The molecule has 1 aromatic carbocycles. The molecule has 0 unspecified atom stereocenters. The Hall–Kier alpha value is -3.09. The van der Waals surface area contributed by atoms with E-state index in [0.29, 0.717) is 18.1 Å². The second kappa shape index (κ2) is 8.29. The van der Waals surface area contributed by atoms with Crippen LogP contribution in [0.5, 0.6) is 5.75 Å². The molecule has 6 nitrogen and oxygen atoms in total. The van der Waals surface area contributed by atoms with Crippen LogP contribution in [0.25, 0.3) is 0 Å². The normalized spacial score (nSPS) is 10.9. The highest BCUT2D eigenvalue weighted by Gasteiger charge is 2.20. The Bertz CT molecular complexity index is 960. The summed E-state index contributed by atoms with van der Waals surface area (Å²) in [6, 6.07) is 9.07. The fourth-order valence-corrected chi connectivity index (χ4v) is 3.02. The summed E-state index contributed by atoms with van der Waals surface area (Å²) in [5.41, 5.74) is 3.03. The molecule has 2 heterocycles. The first kappa shape index (κ1) is 19.7. The van der Waals surface area contributed by atoms with Crippen molar-refractivity contribution < 1.29 is 18.3 Å². The summed E-state index contributed by atoms with van der Waals surface area (Å²) in [6.07, 6.45) is 0. The zero-order valence-corrected chi connectivity index (χ0v) is 16.5. The minimum Gasteiger partial charge on any atom is -0.486 e. The molecule has 0 saturated heterocycles. The summed E-state index contributed by atoms with van der Waals surface area (Å²) in [6.45, 7) is 7.40. The molecule has 148 valence electrons. The van der Waals surface area contributed by atoms with Crippen molar-refractivity contribution in [3.8, 4) is 5.75 Å². The summed E-state index contributed by atoms with van der Waals surface area (Å²) in [5.74, 6) is 0.764. The number of hydrogen-bond donors (Lipinski definition) is 0. The predicted octanol–water partition coefficient (Wildman–Crippen LogP) is 4.10. The van der Waals surface area contributed by atoms with E-state index in [9.17, 15) is 9.18 Å². The SMILES string of the molecule is CCn1nc(C)c(CN(C)C(=O)c2ccc(COc3ccc(F)cc3)o2)c1C. The highest BCUT2D eigenvalue weighted by Crippen LogP contribution is 2.19. The van der Waals surface area contributed by atoms with Gasteiger partial charge in [-0.05, 0) is 57.2 Å². The van der Waals surface area contributed by atoms with Crippen LogP contribution < -0.4 is 4.74 Å². The van der Waals surface area contributed by atoms with Crippen LogP contribution in [0.1, 0.15) is 40.2 Å². The van der Waals surface area contributed by atoms with Crippen molar-refractivity contribution in [2.24, 2.45) is 0 Å². The van der Waals surface area contributed by atoms with Gasteiger partial charge in [-0.25, -0.2) is 4.39 Å². The van der Waals surface area contributed by atoms with Gasteiger partial charge in [0.25, 0.3) is 5.91 Å². The van der Waals surface area contributed by atoms with Gasteiger partial charge in [0, 0.05) is 31.4 Å². The molecule has 0 spiro atoms. The lowest BCUT2D eigenvalue weighted by Gasteiger charge is -2.16. The number of hydrogen-bond acceptors (Lipinski definition) is 4. The number of aromatic nitrogens is 2. The van der Waals surface area contributed by atoms with E-state index >= 15 is 0 Å². The fourth-order valence-electron chi connectivity index (χ4n) is 3.02. The first-order chi connectivity index (χ1) is 13.4. The van der Waals surface area contributed by atoms with Crippen LogP contribution in [0.4, 0.5) is 4.39 Å². The Morgan fingerprint density at radius 3 is 2.57 bits per heavy atom. The average Bonchev–Trinajstić information content (AvgIpc) is 3.26. The Morgan fingerprint density at radius 1 is 1.21 bits per heavy atom. The Labute approximate surface area is 163 Å². The van der Waals surface area contributed by atoms with Crippen molar-refractivity contribution in [2.45, 2.75) is 40.5 Å². The number of benzene rings is 1. The second-order valence-corrected chi connectivity index (χ2v) is 6.63. The minimum absolute atomic E-state index is 0.157. The number of amides is 1. The van der Waals surface area contributed by atoms with Gasteiger partial charge in [-0.3, -0.25) is 9.48 Å². The molecular formula is C21H24FN3O3. The molecular weight excluding hydrogens is 361 g/mol. The van der Waals surface area contributed by atoms with Crippen molar-refractivity contribution in [1.29, 1.82) is 0 Å². The third kappa shape index (κ3) is 4.24. The molecule has 3 rings (SSSR count). The molecule has 7 heteroatoms. The zero-order valence-electron chi connectivity index (χ0n) is 16.5. The molecule has 3 aromatic rings. The molecule has 1 amide bonds. The molecule has 2 aromatic heterocycles. The van der Waals surface area contributed by atoms with Gasteiger partial charge in [-0.1, -0.05) is 0 Å². The van der Waals surface area contributed by atoms with Crippen LogP contribution in [-0.4, -0.2) is 27.6 Å². The van der Waals surface area contributed by atoms with E-state index < -0.39 is 0 Å². The van der Waals surface area contributed by atoms with Gasteiger partial charge < -0.3 is 14.1 Å². The van der Waals surface area contributed by atoms with Gasteiger partial charge in [0.1, 0.15) is 23.9 Å². The summed E-state index contributed by atoms with van der Waals surface area (Å²) in [4.78, 5) is 14.3. The van der Waals surface area contributed by atoms with E-state index in [1.807, 2.05) is 25.5 Å². The molecule has 0 saturated carbocycles. The maximum atomic E-state index is 12.9. The Morgan fingerprint density at radius 2 is 1.93 bits per heavy atom. The van der Waals surface area contributed by atoms with Crippen LogP contribution in [0.3, 0.4) is 0 Å². The van der Waals surface area contributed by atoms with Crippen LogP contribution >= 0.6 is 0 Å². The number of ether oxygens (including phenoxy) is 1. The van der Waals surface area contributed by atoms with E-state index in [1.165, 1.54) is 12.1 Å². The predicted molar refractivity (Wildman–Crippen MR) is 103 cm³/mol. The second-order valence-electron chi connectivity index (χ2n) is 6.63. The number of carbonyl (C=O) groups is 1. The van der Waals surface area contributed by atoms with Gasteiger partial charge >= 0.3 is 0 Å². The van der Waals surface area contributed by atoms with Crippen molar-refractivity contribution >= 4 is 5.91 Å². The lowest BCUT2D eigenvalue weighted by atomic mass is 10.2. The molecule has 0 aliphatic heterocycles. The Kier molecular flexibility index (Phi) is 5.82. The quantitative estimate of drug-likeness (QED) is 0.614. The average molecular weight is 385 g/mol. The lowest BCUT2D eigenvalue weighted by molar-refractivity contribution is 0.0749. The molecule has 0 fully saturated rings. The molecule has 0 atom stereocenters. The van der Waals surface area contributed by atoms with Gasteiger partial charge in [0.05, 0.1) is 5.69 Å². The third-order valence-electron chi connectivity index (χ3n) is 4.64. The standard InChI is InChI=1S/C21H24FN3O3/c1-5-25-15(3)19(14(2)23-25)12-24(4)21(26)20-11-10-18(28-20)13-27-17-8-6-16(22)7-9-17/h6-11H,5,12-13H2,1-4H3. The summed E-state index contributed by atoms with van der Waals surface area (Å²) in [5, 5.41) is 4.49. The number of rotatable bonds is 7. The van der Waals surface area contributed by atoms with Crippen LogP contribution in [0.15, 0.2) is 40.8 Å². The largest absolute Gasteiger partial charge is 0.486 e. The zero-order chi connectivity index (χ0) is 20.3. The molecule has 0 radical (unpaired) electrons. The van der Waals surface area contributed by atoms with E-state index in [-0.39, 0.29) is 24.1 Å². The number of aryl methyl sites for hydroxylation is 2. The molecule has 0 aliphatic rings. The maximum absolute atomic E-state index is 12.9. The monoisotopic (exact) mass is 385 g/mol. The first-order valence-electron chi connectivity index (χ1n) is 9.14. The molecule has 0 N–H and O–H groups in total. The topological polar surface area (TPSA) is 60.5 Å². The van der Waals surface area contributed by atoms with Crippen LogP contribution in [0.2, 0.25) is 0 Å². The van der Waals surface area contributed by atoms with E-state index in [2.05, 4.69) is 5.10 Å². The van der Waals surface area contributed by atoms with Gasteiger partial charge in [-0.2, -0.15) is 5.10 Å². The number of carbonyl (C=O) groups excluding carboxylic acids is 1. The van der Waals surface area contributed by atoms with Crippen molar-refractivity contribution in [3.63, 3.8) is 0 Å². The molecule has 0 aliphatic carbocycles. The third-order valence-corrected chi connectivity index (χ3v) is 4.64. The number of nitrogens with zero attached hydrogens (tertiary/aromatic N) is 3. The lowest BCUT2D eigenvalue weighted by Crippen LogP contribution is -2.26. The van der Waals surface area contributed by atoms with Crippen LogP contribution in [-0.2, 0) is 19.7 Å². The molecule has 0 bridgehead atoms. The number of halogens is 1. The van der Waals surface area contributed by atoms with Gasteiger partial charge in [0.2, 0.25) is 0 Å². The van der Waals surface area contributed by atoms with Crippen molar-refractivity contribution in [2.75, 3.05) is 7.05 Å². The fraction of sp³-hybridized carbons (Fsp3) is 0.333. The smallest absolute Gasteiger partial charge is 0.289 e. The minimum atomic E-state index is -0.323. The van der Waals surface area contributed by atoms with E-state index in [4.69, 9.17) is 9.15 Å². The summed E-state index contributed by atoms with van der Waals surface area (Å²) < 4.78 is 26.0. The van der Waals surface area contributed by atoms with Gasteiger partial charge in [0.15, 0.2) is 5.76 Å².